The average Bonchev–Trinajstić information content (AvgIpc) is 3.22. The minimum absolute atomic E-state index is 0.0400. The Morgan fingerprint density at radius 2 is 1.70 bits per heavy atom. The van der Waals surface area contributed by atoms with Gasteiger partial charge in [0.1, 0.15) is 5.75 Å². The van der Waals surface area contributed by atoms with Gasteiger partial charge in [0.05, 0.1) is 0 Å². The van der Waals surface area contributed by atoms with Gasteiger partial charge in [-0.15, -0.1) is 0 Å². The molecule has 0 aromatic heterocycles. The van der Waals surface area contributed by atoms with Crippen molar-refractivity contribution in [1.29, 1.82) is 0 Å². The smallest absolute Gasteiger partial charge is 0.257 e. The maximum absolute atomic E-state index is 12.4. The maximum atomic E-state index is 12.4. The molecule has 1 heterocycles. The molecule has 1 aliphatic heterocycles. The molecule has 1 aliphatic rings. The van der Waals surface area contributed by atoms with Crippen LogP contribution in [0.2, 0.25) is 10.0 Å². The van der Waals surface area contributed by atoms with E-state index in [2.05, 4.69) is 5.32 Å². The number of rotatable bonds is 9. The number of amides is 2. The number of hydrogen-bond acceptors (Lipinski definition) is 3. The standard InChI is InChI=1S/C23H26Cl2N2O3/c24-19-6-4-17(5-7-19)2-1-3-23(29)27-13-12-18(15-27)14-26-22(28)16-30-21-10-8-20(25)9-11-21/h4-11,18H,1-3,12-16H2,(H,26,28). The van der Waals surface area contributed by atoms with Crippen LogP contribution < -0.4 is 10.1 Å². The van der Waals surface area contributed by atoms with Crippen molar-refractivity contribution in [3.8, 4) is 5.75 Å². The third kappa shape index (κ3) is 7.22. The van der Waals surface area contributed by atoms with Gasteiger partial charge in [-0.1, -0.05) is 35.3 Å². The molecule has 30 heavy (non-hydrogen) atoms. The van der Waals surface area contributed by atoms with Gasteiger partial charge >= 0.3 is 0 Å². The highest BCUT2D eigenvalue weighted by Gasteiger charge is 2.26. The van der Waals surface area contributed by atoms with Gasteiger partial charge in [0.2, 0.25) is 5.91 Å². The van der Waals surface area contributed by atoms with Crippen molar-refractivity contribution in [1.82, 2.24) is 10.2 Å². The van der Waals surface area contributed by atoms with Gasteiger partial charge in [-0.05, 0) is 67.1 Å². The van der Waals surface area contributed by atoms with Crippen LogP contribution in [0, 0.1) is 5.92 Å². The molecule has 2 amide bonds. The lowest BCUT2D eigenvalue weighted by Crippen LogP contribution is -2.35. The number of ether oxygens (including phenoxy) is 1. The Balaban J connectivity index is 1.30. The second-order valence-corrected chi connectivity index (χ2v) is 8.39. The van der Waals surface area contributed by atoms with Crippen molar-refractivity contribution in [3.05, 3.63) is 64.1 Å². The van der Waals surface area contributed by atoms with Crippen molar-refractivity contribution >= 4 is 35.0 Å². The lowest BCUT2D eigenvalue weighted by atomic mass is 10.1. The van der Waals surface area contributed by atoms with Gasteiger partial charge in [0, 0.05) is 36.1 Å². The zero-order valence-electron chi connectivity index (χ0n) is 16.8. The lowest BCUT2D eigenvalue weighted by molar-refractivity contribution is -0.130. The van der Waals surface area contributed by atoms with E-state index < -0.39 is 0 Å². The van der Waals surface area contributed by atoms with Gasteiger partial charge in [-0.25, -0.2) is 0 Å². The molecule has 160 valence electrons. The van der Waals surface area contributed by atoms with E-state index in [0.29, 0.717) is 30.3 Å². The number of carbonyl (C=O) groups is 2. The molecule has 3 rings (SSSR count). The van der Waals surface area contributed by atoms with Crippen molar-refractivity contribution in [2.45, 2.75) is 25.7 Å². The minimum atomic E-state index is -0.169. The number of nitrogens with one attached hydrogen (secondary N) is 1. The molecule has 1 fully saturated rings. The first-order chi connectivity index (χ1) is 14.5. The normalized spacial score (nSPS) is 15.8. The van der Waals surface area contributed by atoms with E-state index in [1.165, 1.54) is 5.56 Å². The van der Waals surface area contributed by atoms with Gasteiger partial charge in [0.25, 0.3) is 5.91 Å². The van der Waals surface area contributed by atoms with E-state index >= 15 is 0 Å². The third-order valence-corrected chi connectivity index (χ3v) is 5.68. The zero-order valence-corrected chi connectivity index (χ0v) is 18.3. The van der Waals surface area contributed by atoms with Gasteiger partial charge < -0.3 is 15.0 Å². The van der Waals surface area contributed by atoms with Crippen LogP contribution in [0.25, 0.3) is 0 Å². The predicted octanol–water partition coefficient (Wildman–Crippen LogP) is 4.36. The van der Waals surface area contributed by atoms with Gasteiger partial charge in [-0.3, -0.25) is 9.59 Å². The number of benzene rings is 2. The van der Waals surface area contributed by atoms with E-state index in [0.717, 1.165) is 30.8 Å². The molecular weight excluding hydrogens is 423 g/mol. The van der Waals surface area contributed by atoms with E-state index in [4.69, 9.17) is 27.9 Å². The van der Waals surface area contributed by atoms with Crippen LogP contribution in [-0.2, 0) is 16.0 Å². The van der Waals surface area contributed by atoms with Gasteiger partial charge in [0.15, 0.2) is 6.61 Å². The second-order valence-electron chi connectivity index (χ2n) is 7.52. The number of carbonyl (C=O) groups excluding carboxylic acids is 2. The predicted molar refractivity (Wildman–Crippen MR) is 119 cm³/mol. The topological polar surface area (TPSA) is 58.6 Å². The van der Waals surface area contributed by atoms with Crippen molar-refractivity contribution in [2.24, 2.45) is 5.92 Å². The molecule has 2 aromatic carbocycles. The molecule has 0 saturated carbocycles. The summed E-state index contributed by atoms with van der Waals surface area (Å²) in [6, 6.07) is 14.6. The molecule has 1 saturated heterocycles. The monoisotopic (exact) mass is 448 g/mol. The molecule has 1 atom stereocenters. The summed E-state index contributed by atoms with van der Waals surface area (Å²) in [5.41, 5.74) is 1.19. The Bertz CT molecular complexity index is 841. The van der Waals surface area contributed by atoms with Crippen molar-refractivity contribution in [2.75, 3.05) is 26.2 Å². The van der Waals surface area contributed by atoms with E-state index in [9.17, 15) is 9.59 Å². The van der Waals surface area contributed by atoms with Crippen LogP contribution in [0.4, 0.5) is 0 Å². The van der Waals surface area contributed by atoms with Crippen LogP contribution in [-0.4, -0.2) is 43.0 Å². The van der Waals surface area contributed by atoms with Gasteiger partial charge in [-0.2, -0.15) is 0 Å². The molecule has 7 heteroatoms. The molecule has 0 bridgehead atoms. The lowest BCUT2D eigenvalue weighted by Gasteiger charge is -2.17. The quantitative estimate of drug-likeness (QED) is 0.619. The Kier molecular flexibility index (Phi) is 8.40. The minimum Gasteiger partial charge on any atom is -0.484 e. The number of hydrogen-bond donors (Lipinski definition) is 1. The average molecular weight is 449 g/mol. The Labute approximate surface area is 187 Å². The molecule has 1 unspecified atom stereocenters. The summed E-state index contributed by atoms with van der Waals surface area (Å²) < 4.78 is 5.44. The Morgan fingerprint density at radius 3 is 2.40 bits per heavy atom. The molecule has 1 N–H and O–H groups in total. The van der Waals surface area contributed by atoms with Crippen molar-refractivity contribution < 1.29 is 14.3 Å². The van der Waals surface area contributed by atoms with Crippen molar-refractivity contribution in [3.63, 3.8) is 0 Å². The summed E-state index contributed by atoms with van der Waals surface area (Å²) in [7, 11) is 0. The van der Waals surface area contributed by atoms with E-state index in [1.54, 1.807) is 24.3 Å². The highest BCUT2D eigenvalue weighted by atomic mass is 35.5. The molecular formula is C23H26Cl2N2O3. The summed E-state index contributed by atoms with van der Waals surface area (Å²) in [4.78, 5) is 26.4. The van der Waals surface area contributed by atoms with E-state index in [-0.39, 0.29) is 24.3 Å². The van der Waals surface area contributed by atoms with E-state index in [1.807, 2.05) is 29.2 Å². The number of likely N-dealkylation sites (tertiary alicyclic amines) is 1. The zero-order chi connectivity index (χ0) is 21.3. The highest BCUT2D eigenvalue weighted by molar-refractivity contribution is 6.30. The van der Waals surface area contributed by atoms with Crippen LogP contribution in [0.15, 0.2) is 48.5 Å². The SMILES string of the molecule is O=C(COc1ccc(Cl)cc1)NCC1CCN(C(=O)CCCc2ccc(Cl)cc2)C1. The summed E-state index contributed by atoms with van der Waals surface area (Å²) in [5, 5.41) is 4.24. The third-order valence-electron chi connectivity index (χ3n) is 5.18. The fourth-order valence-corrected chi connectivity index (χ4v) is 3.72. The van der Waals surface area contributed by atoms with Crippen LogP contribution in [0.1, 0.15) is 24.8 Å². The first-order valence-corrected chi connectivity index (χ1v) is 10.9. The number of halogens is 2. The molecule has 0 spiro atoms. The van der Waals surface area contributed by atoms with Crippen LogP contribution in [0.3, 0.4) is 0 Å². The molecule has 0 radical (unpaired) electrons. The fourth-order valence-electron chi connectivity index (χ4n) is 3.47. The fraction of sp³-hybridized carbons (Fsp3) is 0.391. The molecule has 5 nitrogen and oxygen atoms in total. The molecule has 2 aromatic rings. The Morgan fingerprint density at radius 1 is 1.03 bits per heavy atom. The largest absolute Gasteiger partial charge is 0.484 e. The van der Waals surface area contributed by atoms with Crippen LogP contribution >= 0.6 is 23.2 Å². The number of nitrogens with zero attached hydrogens (tertiary/aromatic N) is 1. The summed E-state index contributed by atoms with van der Waals surface area (Å²) >= 11 is 11.7. The Hall–Kier alpha value is -2.24. The summed E-state index contributed by atoms with van der Waals surface area (Å²) in [5.74, 6) is 0.900. The first kappa shape index (κ1) is 22.4. The summed E-state index contributed by atoms with van der Waals surface area (Å²) in [6.45, 7) is 1.96. The second kappa shape index (κ2) is 11.2. The maximum Gasteiger partial charge on any atom is 0.257 e. The first-order valence-electron chi connectivity index (χ1n) is 10.2. The number of aryl methyl sites for hydroxylation is 1. The van der Waals surface area contributed by atoms with Crippen LogP contribution in [0.5, 0.6) is 5.75 Å². The summed E-state index contributed by atoms with van der Waals surface area (Å²) in [6.07, 6.45) is 3.13. The highest BCUT2D eigenvalue weighted by Crippen LogP contribution is 2.18. The molecule has 0 aliphatic carbocycles.